The number of rotatable bonds is 9. The van der Waals surface area contributed by atoms with E-state index in [2.05, 4.69) is 28.3 Å². The molecule has 3 rings (SSSR count). The molecular weight excluding hydrogens is 492 g/mol. The normalized spacial score (nSPS) is 24.6. The first-order chi connectivity index (χ1) is 14.5. The lowest BCUT2D eigenvalue weighted by Crippen LogP contribution is -2.63. The Morgan fingerprint density at radius 2 is 2.10 bits per heavy atom. The van der Waals surface area contributed by atoms with Gasteiger partial charge in [-0.05, 0) is 37.1 Å². The van der Waals surface area contributed by atoms with Crippen molar-refractivity contribution in [3.63, 3.8) is 0 Å². The first-order valence-electron chi connectivity index (χ1n) is 11.0. The monoisotopic (exact) mass is 522 g/mol. The third-order valence-corrected chi connectivity index (χ3v) is 7.83. The van der Waals surface area contributed by atoms with Gasteiger partial charge in [0.15, 0.2) is 6.23 Å². The van der Waals surface area contributed by atoms with Gasteiger partial charge in [0.05, 0.1) is 0 Å². The Balaban J connectivity index is 1.69. The number of urea groups is 1. The van der Waals surface area contributed by atoms with Crippen LogP contribution in [0.3, 0.4) is 0 Å². The summed E-state index contributed by atoms with van der Waals surface area (Å²) in [5.41, 5.74) is 2.84. The van der Waals surface area contributed by atoms with E-state index in [4.69, 9.17) is 16.3 Å². The number of ether oxygens (including phenoxy) is 1. The molecule has 7 nitrogen and oxygen atoms in total. The topological polar surface area (TPSA) is 65.1 Å². The second-order valence-electron chi connectivity index (χ2n) is 7.99. The number of hydrogen-bond donors (Lipinski definition) is 1. The molecule has 0 radical (unpaired) electrons. The number of alkyl halides is 2. The van der Waals surface area contributed by atoms with Crippen molar-refractivity contribution >= 4 is 51.5 Å². The van der Waals surface area contributed by atoms with Gasteiger partial charge in [-0.15, -0.1) is 0 Å². The lowest BCUT2D eigenvalue weighted by atomic mass is 9.89. The zero-order chi connectivity index (χ0) is 21.5. The molecule has 1 saturated heterocycles. The number of carbonyl (C=O) groups excluding carboxylic acids is 2. The predicted octanol–water partition coefficient (Wildman–Crippen LogP) is 5.33. The van der Waals surface area contributed by atoms with Gasteiger partial charge in [-0.3, -0.25) is 10.2 Å². The van der Waals surface area contributed by atoms with E-state index in [-0.39, 0.29) is 22.8 Å². The summed E-state index contributed by atoms with van der Waals surface area (Å²) in [6.07, 6.45) is 11.9. The lowest BCUT2D eigenvalue weighted by molar-refractivity contribution is -0.169. The Labute approximate surface area is 197 Å². The Hall–Kier alpha value is -0.640. The van der Waals surface area contributed by atoms with Crippen molar-refractivity contribution < 1.29 is 14.3 Å². The van der Waals surface area contributed by atoms with Crippen molar-refractivity contribution in [2.24, 2.45) is 5.92 Å². The number of halogens is 2. The fourth-order valence-electron chi connectivity index (χ4n) is 4.14. The van der Waals surface area contributed by atoms with Gasteiger partial charge in [-0.2, -0.15) is 5.01 Å². The number of amides is 2. The minimum atomic E-state index is -0.655. The number of nitrogens with one attached hydrogen (secondary N) is 1. The van der Waals surface area contributed by atoms with Gasteiger partial charge in [0, 0.05) is 24.1 Å². The molecule has 3 aliphatic rings. The molecule has 0 aromatic heterocycles. The molecule has 2 amide bonds. The smallest absolute Gasteiger partial charge is 0.341 e. The summed E-state index contributed by atoms with van der Waals surface area (Å²) < 4.78 is 7.28. The molecule has 0 aromatic rings. The highest BCUT2D eigenvalue weighted by atomic mass is 79.9. The van der Waals surface area contributed by atoms with Crippen molar-refractivity contribution in [1.82, 2.24) is 19.9 Å². The maximum absolute atomic E-state index is 13.4. The molecule has 2 atom stereocenters. The third-order valence-electron chi connectivity index (χ3n) is 5.80. The number of esters is 1. The summed E-state index contributed by atoms with van der Waals surface area (Å²) in [5.74, 6) is 0.136. The van der Waals surface area contributed by atoms with E-state index in [1.807, 2.05) is 6.20 Å². The maximum atomic E-state index is 13.4. The molecule has 0 spiro atoms. The van der Waals surface area contributed by atoms with Crippen LogP contribution in [0.2, 0.25) is 0 Å². The standard InChI is InChI=1S/C20H32BrClN4O3S/c1-2-3-5-10-17(22)24-12-11-18(29-19(27)13-21)25(20(24)28)26-23-14-16(30-26)15-8-6-4-7-9-15/h14-15,17-18,23H,2-13H2,1H3. The van der Waals surface area contributed by atoms with Crippen LogP contribution in [0, 0.1) is 5.92 Å². The van der Waals surface area contributed by atoms with E-state index >= 15 is 0 Å². The minimum absolute atomic E-state index is 0.0938. The molecule has 2 aliphatic heterocycles. The molecule has 10 heteroatoms. The summed E-state index contributed by atoms with van der Waals surface area (Å²) in [5, 5.41) is 1.60. The highest BCUT2D eigenvalue weighted by Crippen LogP contribution is 2.41. The zero-order valence-corrected chi connectivity index (χ0v) is 20.7. The summed E-state index contributed by atoms with van der Waals surface area (Å²) in [7, 11) is 0. The molecule has 30 heavy (non-hydrogen) atoms. The van der Waals surface area contributed by atoms with Crippen LogP contribution in [-0.2, 0) is 9.53 Å². The average molecular weight is 524 g/mol. The van der Waals surface area contributed by atoms with Gasteiger partial charge in [0.2, 0.25) is 0 Å². The van der Waals surface area contributed by atoms with Crippen LogP contribution in [0.4, 0.5) is 4.79 Å². The number of hydrazine groups is 2. The van der Waals surface area contributed by atoms with E-state index in [1.165, 1.54) is 54.0 Å². The van der Waals surface area contributed by atoms with Crippen molar-refractivity contribution in [3.8, 4) is 0 Å². The van der Waals surface area contributed by atoms with E-state index in [0.717, 1.165) is 25.7 Å². The summed E-state index contributed by atoms with van der Waals surface area (Å²) in [6, 6.07) is -0.233. The lowest BCUT2D eigenvalue weighted by Gasteiger charge is -2.44. The summed E-state index contributed by atoms with van der Waals surface area (Å²) >= 11 is 11.3. The quantitative estimate of drug-likeness (QED) is 0.145. The second kappa shape index (κ2) is 11.8. The highest BCUT2D eigenvalue weighted by Gasteiger charge is 2.43. The Morgan fingerprint density at radius 3 is 2.80 bits per heavy atom. The van der Waals surface area contributed by atoms with Crippen LogP contribution < -0.4 is 5.43 Å². The van der Waals surface area contributed by atoms with Crippen molar-refractivity contribution in [2.75, 3.05) is 11.9 Å². The molecule has 170 valence electrons. The molecule has 2 fully saturated rings. The van der Waals surface area contributed by atoms with Crippen molar-refractivity contribution in [3.05, 3.63) is 11.1 Å². The van der Waals surface area contributed by atoms with Gasteiger partial charge in [0.25, 0.3) is 0 Å². The van der Waals surface area contributed by atoms with Crippen LogP contribution in [-0.4, -0.2) is 50.0 Å². The molecule has 1 saturated carbocycles. The van der Waals surface area contributed by atoms with Crippen LogP contribution >= 0.6 is 39.5 Å². The largest absolute Gasteiger partial charge is 0.439 e. The SMILES string of the molecule is CCCCCC(Cl)N1CCC(OC(=O)CBr)N(N2NC=C(C3CCCCC3)S2)C1=O. The van der Waals surface area contributed by atoms with E-state index in [1.54, 1.807) is 9.42 Å². The molecule has 2 unspecified atom stereocenters. The van der Waals surface area contributed by atoms with Crippen molar-refractivity contribution in [2.45, 2.75) is 82.9 Å². The van der Waals surface area contributed by atoms with E-state index in [0.29, 0.717) is 18.9 Å². The van der Waals surface area contributed by atoms with Gasteiger partial charge in [-0.25, -0.2) is 4.79 Å². The molecule has 1 aliphatic carbocycles. The number of allylic oxidation sites excluding steroid dienone is 1. The Bertz CT molecular complexity index is 635. The maximum Gasteiger partial charge on any atom is 0.341 e. The summed E-state index contributed by atoms with van der Waals surface area (Å²) in [4.78, 5) is 28.3. The zero-order valence-electron chi connectivity index (χ0n) is 17.5. The summed E-state index contributed by atoms with van der Waals surface area (Å²) in [6.45, 7) is 2.62. The first kappa shape index (κ1) is 24.0. The molecule has 0 aromatic carbocycles. The second-order valence-corrected chi connectivity index (χ2v) is 10.1. The molecule has 0 bridgehead atoms. The predicted molar refractivity (Wildman–Crippen MR) is 123 cm³/mol. The average Bonchev–Trinajstić information content (AvgIpc) is 3.24. The Kier molecular flexibility index (Phi) is 9.47. The van der Waals surface area contributed by atoms with Gasteiger partial charge >= 0.3 is 12.0 Å². The third kappa shape index (κ3) is 5.99. The number of hydrogen-bond acceptors (Lipinski definition) is 6. The van der Waals surface area contributed by atoms with E-state index in [9.17, 15) is 9.59 Å². The molecular formula is C20H32BrClN4O3S. The van der Waals surface area contributed by atoms with Crippen LogP contribution in [0.1, 0.15) is 71.1 Å². The first-order valence-corrected chi connectivity index (χ1v) is 13.3. The fraction of sp³-hybridized carbons (Fsp3) is 0.800. The number of unbranched alkanes of at least 4 members (excludes halogenated alkanes) is 2. The molecule has 2 heterocycles. The van der Waals surface area contributed by atoms with Crippen LogP contribution in [0.5, 0.6) is 0 Å². The van der Waals surface area contributed by atoms with Crippen LogP contribution in [0.15, 0.2) is 11.1 Å². The minimum Gasteiger partial charge on any atom is -0.439 e. The van der Waals surface area contributed by atoms with Crippen molar-refractivity contribution in [1.29, 1.82) is 0 Å². The number of nitrogens with zero attached hydrogens (tertiary/aromatic N) is 3. The number of carbonyl (C=O) groups is 2. The van der Waals surface area contributed by atoms with Gasteiger partial charge < -0.3 is 9.64 Å². The fourth-order valence-corrected chi connectivity index (χ4v) is 5.67. The van der Waals surface area contributed by atoms with Crippen LogP contribution in [0.25, 0.3) is 0 Å². The Morgan fingerprint density at radius 1 is 1.33 bits per heavy atom. The molecule has 1 N–H and O–H groups in total. The van der Waals surface area contributed by atoms with Gasteiger partial charge in [0.1, 0.15) is 10.8 Å². The van der Waals surface area contributed by atoms with Gasteiger partial charge in [-0.1, -0.05) is 77.5 Å². The van der Waals surface area contributed by atoms with E-state index < -0.39 is 6.23 Å². The highest BCUT2D eigenvalue weighted by molar-refractivity contribution is 9.09.